The first-order chi connectivity index (χ1) is 11.7. The largest absolute Gasteiger partial charge is 0.394 e. The molecule has 2 aliphatic rings. The molecule has 1 fully saturated rings. The van der Waals surface area contributed by atoms with Crippen LogP contribution in [0, 0.1) is 0 Å². The van der Waals surface area contributed by atoms with E-state index in [0.29, 0.717) is 6.04 Å². The number of hydrogen-bond acceptors (Lipinski definition) is 5. The molecule has 24 heavy (non-hydrogen) atoms. The summed E-state index contributed by atoms with van der Waals surface area (Å²) in [6.07, 6.45) is 2.06. The summed E-state index contributed by atoms with van der Waals surface area (Å²) in [5, 5.41) is 15.1. The fourth-order valence-electron chi connectivity index (χ4n) is 3.15. The zero-order valence-corrected chi connectivity index (χ0v) is 15.6. The zero-order chi connectivity index (χ0) is 16.5. The Balaban J connectivity index is 1.66. The van der Waals surface area contributed by atoms with Crippen LogP contribution >= 0.6 is 27.7 Å². The number of aliphatic hydroxyl groups excluding tert-OH is 1. The molecular weight excluding hydrogens is 390 g/mol. The number of aromatic nitrogens is 1. The van der Waals surface area contributed by atoms with Crippen molar-refractivity contribution in [3.05, 3.63) is 28.4 Å². The number of thioether (sulfide) groups is 1. The molecule has 0 bridgehead atoms. The van der Waals surface area contributed by atoms with E-state index >= 15 is 0 Å². The number of anilines is 1. The van der Waals surface area contributed by atoms with Crippen LogP contribution < -0.4 is 5.32 Å². The first-order valence-corrected chi connectivity index (χ1v) is 9.99. The predicted octanol–water partition coefficient (Wildman–Crippen LogP) is 3.38. The number of halogens is 1. The van der Waals surface area contributed by atoms with Crippen LogP contribution in [0.15, 0.2) is 27.7 Å². The number of benzene rings is 1. The van der Waals surface area contributed by atoms with Gasteiger partial charge in [0, 0.05) is 34.9 Å². The third-order valence-corrected chi connectivity index (χ3v) is 6.04. The minimum Gasteiger partial charge on any atom is -0.394 e. The standard InChI is InChI=1S/C17H20BrN3O2S/c18-11-5-10-6-15(17-20-13(8-22)9-24-17)21-16(10)14(7-11)19-12-1-3-23-4-2-12/h5-7,12-13,19,21-22H,1-4,8-9H2/t13-/m1/s1. The molecule has 128 valence electrons. The van der Waals surface area contributed by atoms with Crippen molar-refractivity contribution in [3.63, 3.8) is 0 Å². The molecule has 4 rings (SSSR count). The summed E-state index contributed by atoms with van der Waals surface area (Å²) >= 11 is 5.31. The fourth-order valence-corrected chi connectivity index (χ4v) is 4.65. The van der Waals surface area contributed by atoms with Gasteiger partial charge < -0.3 is 20.1 Å². The van der Waals surface area contributed by atoms with Crippen LogP contribution in [0.4, 0.5) is 5.69 Å². The molecule has 3 heterocycles. The van der Waals surface area contributed by atoms with E-state index in [1.54, 1.807) is 11.8 Å². The molecule has 2 aromatic rings. The molecule has 0 aliphatic carbocycles. The molecule has 5 nitrogen and oxygen atoms in total. The predicted molar refractivity (Wildman–Crippen MR) is 103 cm³/mol. The number of hydrogen-bond donors (Lipinski definition) is 3. The average molecular weight is 410 g/mol. The molecule has 0 amide bonds. The van der Waals surface area contributed by atoms with Gasteiger partial charge in [-0.05, 0) is 31.0 Å². The molecule has 1 aromatic carbocycles. The van der Waals surface area contributed by atoms with Crippen LogP contribution in [0.25, 0.3) is 10.9 Å². The van der Waals surface area contributed by atoms with Gasteiger partial charge in [0.1, 0.15) is 5.04 Å². The lowest BCUT2D eigenvalue weighted by molar-refractivity contribution is 0.0905. The Labute approximate surface area is 153 Å². The smallest absolute Gasteiger partial charge is 0.115 e. The van der Waals surface area contributed by atoms with Crippen molar-refractivity contribution in [2.24, 2.45) is 4.99 Å². The summed E-state index contributed by atoms with van der Waals surface area (Å²) in [6, 6.07) is 6.84. The number of H-pyrrole nitrogens is 1. The third kappa shape index (κ3) is 3.35. The highest BCUT2D eigenvalue weighted by Crippen LogP contribution is 2.32. The second-order valence-corrected chi connectivity index (χ2v) is 8.14. The molecule has 1 aromatic heterocycles. The lowest BCUT2D eigenvalue weighted by Crippen LogP contribution is -2.27. The van der Waals surface area contributed by atoms with Crippen LogP contribution in [0.5, 0.6) is 0 Å². The van der Waals surface area contributed by atoms with Crippen molar-refractivity contribution < 1.29 is 9.84 Å². The number of nitrogens with one attached hydrogen (secondary N) is 2. The number of aromatic amines is 1. The van der Waals surface area contributed by atoms with Gasteiger partial charge in [-0.2, -0.15) is 0 Å². The van der Waals surface area contributed by atoms with Crippen LogP contribution in [-0.2, 0) is 4.74 Å². The first kappa shape index (κ1) is 16.4. The van der Waals surface area contributed by atoms with E-state index < -0.39 is 0 Å². The molecule has 0 spiro atoms. The summed E-state index contributed by atoms with van der Waals surface area (Å²) in [7, 11) is 0. The van der Waals surface area contributed by atoms with Crippen molar-refractivity contribution in [2.75, 3.05) is 30.9 Å². The molecule has 7 heteroatoms. The number of ether oxygens (including phenoxy) is 1. The first-order valence-electron chi connectivity index (χ1n) is 8.21. The van der Waals surface area contributed by atoms with Gasteiger partial charge in [-0.25, -0.2) is 0 Å². The van der Waals surface area contributed by atoms with Gasteiger partial charge in [0.25, 0.3) is 0 Å². The maximum atomic E-state index is 9.28. The van der Waals surface area contributed by atoms with Crippen molar-refractivity contribution in [3.8, 4) is 0 Å². The number of nitrogens with zero attached hydrogens (tertiary/aromatic N) is 1. The Kier molecular flexibility index (Phi) is 4.85. The second kappa shape index (κ2) is 7.07. The quantitative estimate of drug-likeness (QED) is 0.723. The molecular formula is C17H20BrN3O2S. The molecule has 2 aliphatic heterocycles. The van der Waals surface area contributed by atoms with Gasteiger partial charge in [0.05, 0.1) is 29.5 Å². The highest BCUT2D eigenvalue weighted by Gasteiger charge is 2.21. The number of fused-ring (bicyclic) bond motifs is 1. The van der Waals surface area contributed by atoms with E-state index in [0.717, 1.165) is 63.6 Å². The molecule has 0 unspecified atom stereocenters. The summed E-state index contributed by atoms with van der Waals surface area (Å²) < 4.78 is 6.50. The highest BCUT2D eigenvalue weighted by molar-refractivity contribution is 9.10. The van der Waals surface area contributed by atoms with Crippen molar-refractivity contribution in [2.45, 2.75) is 24.9 Å². The maximum absolute atomic E-state index is 9.28. The minimum atomic E-state index is 0.0167. The lowest BCUT2D eigenvalue weighted by atomic mass is 10.1. The van der Waals surface area contributed by atoms with Gasteiger partial charge >= 0.3 is 0 Å². The Morgan fingerprint density at radius 1 is 1.33 bits per heavy atom. The molecule has 1 atom stereocenters. The van der Waals surface area contributed by atoms with Crippen LogP contribution in [0.1, 0.15) is 18.5 Å². The lowest BCUT2D eigenvalue weighted by Gasteiger charge is -2.24. The van der Waals surface area contributed by atoms with Crippen molar-refractivity contribution >= 4 is 49.3 Å². The van der Waals surface area contributed by atoms with E-state index in [-0.39, 0.29) is 12.6 Å². The van der Waals surface area contributed by atoms with Crippen molar-refractivity contribution in [1.29, 1.82) is 0 Å². The Bertz CT molecular complexity index is 771. The summed E-state index contributed by atoms with van der Waals surface area (Å²) in [6.45, 7) is 1.75. The number of aliphatic imine (C=N–C) groups is 1. The van der Waals surface area contributed by atoms with Crippen LogP contribution in [-0.4, -0.2) is 52.8 Å². The normalized spacial score (nSPS) is 22.1. The topological polar surface area (TPSA) is 69.6 Å². The number of rotatable bonds is 4. The molecule has 1 saturated heterocycles. The van der Waals surface area contributed by atoms with Crippen LogP contribution in [0.3, 0.4) is 0 Å². The van der Waals surface area contributed by atoms with Crippen molar-refractivity contribution in [1.82, 2.24) is 4.98 Å². The second-order valence-electron chi connectivity index (χ2n) is 6.21. The Morgan fingerprint density at radius 2 is 2.17 bits per heavy atom. The van der Waals surface area contributed by atoms with Gasteiger partial charge in [0.2, 0.25) is 0 Å². The minimum absolute atomic E-state index is 0.0167. The summed E-state index contributed by atoms with van der Waals surface area (Å²) in [5.41, 5.74) is 3.24. The van der Waals surface area contributed by atoms with Crippen LogP contribution in [0.2, 0.25) is 0 Å². The van der Waals surface area contributed by atoms with E-state index in [2.05, 4.69) is 49.4 Å². The highest BCUT2D eigenvalue weighted by atomic mass is 79.9. The average Bonchev–Trinajstić information content (AvgIpc) is 3.22. The third-order valence-electron chi connectivity index (χ3n) is 4.43. The fraction of sp³-hybridized carbons (Fsp3) is 0.471. The monoisotopic (exact) mass is 409 g/mol. The van der Waals surface area contributed by atoms with Gasteiger partial charge in [-0.1, -0.05) is 15.9 Å². The van der Waals surface area contributed by atoms with E-state index in [1.807, 2.05) is 0 Å². The van der Waals surface area contributed by atoms with E-state index in [9.17, 15) is 5.11 Å². The van der Waals surface area contributed by atoms with Gasteiger partial charge in [-0.3, -0.25) is 4.99 Å². The maximum Gasteiger partial charge on any atom is 0.115 e. The summed E-state index contributed by atoms with van der Waals surface area (Å²) in [5.74, 6) is 0.845. The molecule has 0 saturated carbocycles. The van der Waals surface area contributed by atoms with E-state index in [4.69, 9.17) is 4.74 Å². The molecule has 0 radical (unpaired) electrons. The zero-order valence-electron chi connectivity index (χ0n) is 13.2. The van der Waals surface area contributed by atoms with Gasteiger partial charge in [0.15, 0.2) is 0 Å². The summed E-state index contributed by atoms with van der Waals surface area (Å²) in [4.78, 5) is 8.11. The Morgan fingerprint density at radius 3 is 2.92 bits per heavy atom. The number of aliphatic hydroxyl groups is 1. The Hall–Kier alpha value is -1.02. The SMILES string of the molecule is OC[C@@H]1CSC(c2cc3cc(Br)cc(NC4CCOCC4)c3[nH]2)=N1. The van der Waals surface area contributed by atoms with Gasteiger partial charge in [-0.15, -0.1) is 11.8 Å². The molecule has 3 N–H and O–H groups in total. The van der Waals surface area contributed by atoms with E-state index in [1.165, 1.54) is 0 Å².